The van der Waals surface area contributed by atoms with Gasteiger partial charge in [-0.2, -0.15) is 0 Å². The summed E-state index contributed by atoms with van der Waals surface area (Å²) < 4.78 is 25.0. The number of hydrogen-bond donors (Lipinski definition) is 1. The third-order valence-corrected chi connectivity index (χ3v) is 4.82. The molecule has 1 aromatic carbocycles. The Morgan fingerprint density at radius 1 is 1.07 bits per heavy atom. The molecule has 6 nitrogen and oxygen atoms in total. The molecule has 0 amide bonds. The number of aliphatic hydroxyl groups is 1. The minimum Gasteiger partial charge on any atom is -0.460 e. The van der Waals surface area contributed by atoms with Gasteiger partial charge in [-0.1, -0.05) is 12.1 Å². The molecule has 0 aromatic heterocycles. The standard InChI is InChI=1S/C23H31FO6/c1-21(2,3)29-19(26)17-15(25)12-23(7,28)18(20(27)30-22(4,5)6)16(17)13-9-8-10-14(24)11-13/h8-11,16-18,28H,12H2,1-7H3/t16-,17+,18-,23-/m0/s1. The van der Waals surface area contributed by atoms with Crippen LogP contribution in [0.25, 0.3) is 0 Å². The highest BCUT2D eigenvalue weighted by Gasteiger charge is 2.57. The van der Waals surface area contributed by atoms with E-state index in [0.29, 0.717) is 0 Å². The molecule has 0 radical (unpaired) electrons. The van der Waals surface area contributed by atoms with Gasteiger partial charge >= 0.3 is 11.9 Å². The van der Waals surface area contributed by atoms with Crippen LogP contribution >= 0.6 is 0 Å². The molecule has 1 aliphatic carbocycles. The largest absolute Gasteiger partial charge is 0.460 e. The fraction of sp³-hybridized carbons (Fsp3) is 0.609. The van der Waals surface area contributed by atoms with Gasteiger partial charge in [0.15, 0.2) is 5.78 Å². The molecule has 1 aliphatic rings. The number of carbonyl (C=O) groups is 3. The van der Waals surface area contributed by atoms with Crippen LogP contribution in [-0.4, -0.2) is 39.6 Å². The Balaban J connectivity index is 2.64. The second-order valence-electron chi connectivity index (χ2n) is 10.1. The molecule has 1 aromatic rings. The first-order valence-electron chi connectivity index (χ1n) is 9.98. The minimum atomic E-state index is -1.78. The Bertz CT molecular complexity index is 831. The summed E-state index contributed by atoms with van der Waals surface area (Å²) in [4.78, 5) is 39.1. The zero-order chi connectivity index (χ0) is 23.1. The highest BCUT2D eigenvalue weighted by molar-refractivity contribution is 6.03. The van der Waals surface area contributed by atoms with Crippen molar-refractivity contribution in [2.45, 2.75) is 77.6 Å². The van der Waals surface area contributed by atoms with Gasteiger partial charge in [-0.25, -0.2) is 4.39 Å². The summed E-state index contributed by atoms with van der Waals surface area (Å²) in [7, 11) is 0. The maximum Gasteiger partial charge on any atom is 0.317 e. The van der Waals surface area contributed by atoms with E-state index in [9.17, 15) is 23.9 Å². The van der Waals surface area contributed by atoms with E-state index in [4.69, 9.17) is 9.47 Å². The van der Waals surface area contributed by atoms with Crippen molar-refractivity contribution in [1.29, 1.82) is 0 Å². The van der Waals surface area contributed by atoms with E-state index in [2.05, 4.69) is 0 Å². The topological polar surface area (TPSA) is 89.9 Å². The number of ether oxygens (including phenoxy) is 2. The Morgan fingerprint density at radius 3 is 2.10 bits per heavy atom. The fourth-order valence-electron chi connectivity index (χ4n) is 3.86. The SMILES string of the molecule is CC(C)(C)OC(=O)[C@@H]1C(=O)C[C@](C)(O)[C@H](C(=O)OC(C)(C)C)[C@H]1c1cccc(F)c1. The summed E-state index contributed by atoms with van der Waals surface area (Å²) >= 11 is 0. The van der Waals surface area contributed by atoms with Gasteiger partial charge in [0.2, 0.25) is 0 Å². The van der Waals surface area contributed by atoms with Crippen LogP contribution in [0.5, 0.6) is 0 Å². The van der Waals surface area contributed by atoms with Crippen molar-refractivity contribution < 1.29 is 33.4 Å². The van der Waals surface area contributed by atoms with Gasteiger partial charge in [0.05, 0.1) is 11.5 Å². The molecule has 0 bridgehead atoms. The molecule has 0 aliphatic heterocycles. The molecular weight excluding hydrogens is 391 g/mol. The van der Waals surface area contributed by atoms with Gasteiger partial charge < -0.3 is 14.6 Å². The number of benzene rings is 1. The quantitative estimate of drug-likeness (QED) is 0.592. The van der Waals surface area contributed by atoms with Gasteiger partial charge in [0.25, 0.3) is 0 Å². The van der Waals surface area contributed by atoms with Crippen LogP contribution in [0.1, 0.15) is 66.4 Å². The summed E-state index contributed by atoms with van der Waals surface area (Å²) in [5.74, 6) is -6.51. The molecule has 0 saturated heterocycles. The molecule has 0 spiro atoms. The van der Waals surface area contributed by atoms with E-state index in [0.717, 1.165) is 6.07 Å². The molecule has 1 fully saturated rings. The molecule has 7 heteroatoms. The minimum absolute atomic E-state index is 0.245. The Morgan fingerprint density at radius 2 is 1.60 bits per heavy atom. The predicted octanol–water partition coefficient (Wildman–Crippen LogP) is 3.55. The number of carbonyl (C=O) groups excluding carboxylic acids is 3. The molecule has 1 saturated carbocycles. The van der Waals surface area contributed by atoms with Crippen molar-refractivity contribution in [3.05, 3.63) is 35.6 Å². The predicted molar refractivity (Wildman–Crippen MR) is 108 cm³/mol. The summed E-state index contributed by atoms with van der Waals surface area (Å²) in [6.45, 7) is 11.4. The second kappa shape index (κ2) is 8.10. The lowest BCUT2D eigenvalue weighted by Gasteiger charge is -2.44. The number of ketones is 1. The highest BCUT2D eigenvalue weighted by Crippen LogP contribution is 2.47. The van der Waals surface area contributed by atoms with Gasteiger partial charge in [0, 0.05) is 12.3 Å². The zero-order valence-electron chi connectivity index (χ0n) is 18.6. The van der Waals surface area contributed by atoms with E-state index >= 15 is 0 Å². The first kappa shape index (κ1) is 24.0. The monoisotopic (exact) mass is 422 g/mol. The van der Waals surface area contributed by atoms with Crippen molar-refractivity contribution in [1.82, 2.24) is 0 Å². The van der Waals surface area contributed by atoms with E-state index in [1.165, 1.54) is 25.1 Å². The average molecular weight is 422 g/mol. The number of rotatable bonds is 3. The Labute approximate surface area is 176 Å². The average Bonchev–Trinajstić information content (AvgIpc) is 2.49. The van der Waals surface area contributed by atoms with Crippen LogP contribution in [0.2, 0.25) is 0 Å². The summed E-state index contributed by atoms with van der Waals surface area (Å²) in [6, 6.07) is 5.33. The summed E-state index contributed by atoms with van der Waals surface area (Å²) in [5.41, 5.74) is -3.27. The molecule has 1 N–H and O–H groups in total. The lowest BCUT2D eigenvalue weighted by atomic mass is 9.61. The van der Waals surface area contributed by atoms with E-state index < -0.39 is 64.5 Å². The fourth-order valence-corrected chi connectivity index (χ4v) is 3.86. The Hall–Kier alpha value is -2.28. The van der Waals surface area contributed by atoms with Gasteiger partial charge in [-0.3, -0.25) is 14.4 Å². The molecule has 0 unspecified atom stereocenters. The van der Waals surface area contributed by atoms with Crippen LogP contribution < -0.4 is 0 Å². The van der Waals surface area contributed by atoms with Crippen LogP contribution in [0.15, 0.2) is 24.3 Å². The molecule has 166 valence electrons. The maximum absolute atomic E-state index is 14.0. The van der Waals surface area contributed by atoms with Crippen molar-refractivity contribution in [3.8, 4) is 0 Å². The number of Topliss-reactive ketones (excluding diaryl/α,β-unsaturated/α-hetero) is 1. The maximum atomic E-state index is 14.0. The van der Waals surface area contributed by atoms with Crippen molar-refractivity contribution >= 4 is 17.7 Å². The van der Waals surface area contributed by atoms with Crippen molar-refractivity contribution in [2.24, 2.45) is 11.8 Å². The summed E-state index contributed by atoms with van der Waals surface area (Å²) in [6.07, 6.45) is -0.424. The molecule has 0 heterocycles. The molecule has 30 heavy (non-hydrogen) atoms. The van der Waals surface area contributed by atoms with Crippen molar-refractivity contribution in [2.75, 3.05) is 0 Å². The Kier molecular flexibility index (Phi) is 6.48. The van der Waals surface area contributed by atoms with Crippen LogP contribution in [0.3, 0.4) is 0 Å². The van der Waals surface area contributed by atoms with Gasteiger partial charge in [-0.15, -0.1) is 0 Å². The molecular formula is C23H31FO6. The van der Waals surface area contributed by atoms with E-state index in [1.807, 2.05) is 0 Å². The van der Waals surface area contributed by atoms with E-state index in [1.54, 1.807) is 41.5 Å². The van der Waals surface area contributed by atoms with Crippen LogP contribution in [0.4, 0.5) is 4.39 Å². The third-order valence-electron chi connectivity index (χ3n) is 4.82. The number of hydrogen-bond acceptors (Lipinski definition) is 6. The summed E-state index contributed by atoms with van der Waals surface area (Å²) in [5, 5.41) is 11.0. The molecule has 4 atom stereocenters. The van der Waals surface area contributed by atoms with Gasteiger partial charge in [-0.05, 0) is 66.2 Å². The zero-order valence-corrected chi connectivity index (χ0v) is 18.6. The van der Waals surface area contributed by atoms with E-state index in [-0.39, 0.29) is 5.56 Å². The van der Waals surface area contributed by atoms with Crippen LogP contribution in [0, 0.1) is 17.7 Å². The van der Waals surface area contributed by atoms with Crippen LogP contribution in [-0.2, 0) is 23.9 Å². The number of esters is 2. The second-order valence-corrected chi connectivity index (χ2v) is 10.1. The first-order chi connectivity index (χ1) is 13.5. The smallest absolute Gasteiger partial charge is 0.317 e. The highest BCUT2D eigenvalue weighted by atomic mass is 19.1. The normalized spacial score (nSPS) is 27.5. The number of halogens is 1. The lowest BCUT2D eigenvalue weighted by Crippen LogP contribution is -2.56. The molecule has 2 rings (SSSR count). The first-order valence-corrected chi connectivity index (χ1v) is 9.98. The van der Waals surface area contributed by atoms with Gasteiger partial charge in [0.1, 0.15) is 22.9 Å². The van der Waals surface area contributed by atoms with Crippen molar-refractivity contribution in [3.63, 3.8) is 0 Å². The lowest BCUT2D eigenvalue weighted by molar-refractivity contribution is -0.182. The third kappa shape index (κ3) is 5.65.